The maximum atomic E-state index is 5.65. The summed E-state index contributed by atoms with van der Waals surface area (Å²) in [5.41, 5.74) is 7.36. The number of rotatable bonds is 4. The molecule has 0 unspecified atom stereocenters. The number of methoxy groups -OCH3 is 1. The zero-order chi connectivity index (χ0) is 12.3. The smallest absolute Gasteiger partial charge is 0.180 e. The van der Waals surface area contributed by atoms with Crippen molar-refractivity contribution in [1.29, 1.82) is 0 Å². The van der Waals surface area contributed by atoms with Crippen LogP contribution in [0.25, 0.3) is 11.3 Å². The van der Waals surface area contributed by atoms with Crippen molar-refractivity contribution in [2.45, 2.75) is 6.92 Å². The van der Waals surface area contributed by atoms with Gasteiger partial charge in [-0.3, -0.25) is 0 Å². The van der Waals surface area contributed by atoms with E-state index < -0.39 is 0 Å². The molecule has 0 atom stereocenters. The van der Waals surface area contributed by atoms with E-state index in [0.29, 0.717) is 11.7 Å². The van der Waals surface area contributed by atoms with Crippen LogP contribution in [0.15, 0.2) is 23.6 Å². The van der Waals surface area contributed by atoms with Crippen molar-refractivity contribution in [3.05, 3.63) is 23.6 Å². The lowest BCUT2D eigenvalue weighted by molar-refractivity contribution is 0.340. The van der Waals surface area contributed by atoms with E-state index in [0.717, 1.165) is 22.8 Å². The van der Waals surface area contributed by atoms with Crippen molar-refractivity contribution in [1.82, 2.24) is 4.98 Å². The Bertz CT molecular complexity index is 511. The molecule has 17 heavy (non-hydrogen) atoms. The van der Waals surface area contributed by atoms with Gasteiger partial charge < -0.3 is 15.2 Å². The normalized spacial score (nSPS) is 10.2. The Morgan fingerprint density at radius 1 is 1.41 bits per heavy atom. The Morgan fingerprint density at radius 2 is 2.24 bits per heavy atom. The number of nitrogens with two attached hydrogens (primary N) is 1. The Hall–Kier alpha value is -1.75. The lowest BCUT2D eigenvalue weighted by atomic mass is 10.1. The van der Waals surface area contributed by atoms with E-state index >= 15 is 0 Å². The van der Waals surface area contributed by atoms with Gasteiger partial charge in [-0.05, 0) is 25.1 Å². The van der Waals surface area contributed by atoms with Gasteiger partial charge in [-0.1, -0.05) is 0 Å². The number of nitrogen functional groups attached to an aromatic ring is 1. The standard InChI is InChI=1S/C12H14N2O2S/c1-3-16-11-5-4-8(15-2)6-9(11)10-7-17-12(13)14-10/h4-7H,3H2,1-2H3,(H2,13,14). The molecule has 0 bridgehead atoms. The Labute approximate surface area is 104 Å². The first kappa shape index (κ1) is 11.7. The highest BCUT2D eigenvalue weighted by molar-refractivity contribution is 7.13. The molecule has 0 saturated heterocycles. The van der Waals surface area contributed by atoms with Crippen LogP contribution in [0.4, 0.5) is 5.13 Å². The summed E-state index contributed by atoms with van der Waals surface area (Å²) in [5.74, 6) is 1.56. The van der Waals surface area contributed by atoms with Crippen LogP contribution in [-0.4, -0.2) is 18.7 Å². The van der Waals surface area contributed by atoms with Gasteiger partial charge in [0.05, 0.1) is 19.4 Å². The topological polar surface area (TPSA) is 57.4 Å². The predicted molar refractivity (Wildman–Crippen MR) is 69.7 cm³/mol. The molecule has 0 aliphatic rings. The van der Waals surface area contributed by atoms with Gasteiger partial charge in [0, 0.05) is 10.9 Å². The second-order valence-electron chi connectivity index (χ2n) is 3.37. The predicted octanol–water partition coefficient (Wildman–Crippen LogP) is 2.80. The summed E-state index contributed by atoms with van der Waals surface area (Å²) in [6, 6.07) is 5.65. The van der Waals surface area contributed by atoms with E-state index in [2.05, 4.69) is 4.98 Å². The molecule has 4 nitrogen and oxygen atoms in total. The maximum Gasteiger partial charge on any atom is 0.180 e. The molecule has 2 aromatic rings. The second-order valence-corrected chi connectivity index (χ2v) is 4.26. The summed E-state index contributed by atoms with van der Waals surface area (Å²) < 4.78 is 10.8. The molecule has 1 heterocycles. The van der Waals surface area contributed by atoms with Gasteiger partial charge in [0.1, 0.15) is 11.5 Å². The van der Waals surface area contributed by atoms with E-state index in [9.17, 15) is 0 Å². The zero-order valence-electron chi connectivity index (χ0n) is 9.77. The molecule has 0 fully saturated rings. The first-order valence-electron chi connectivity index (χ1n) is 5.26. The minimum atomic E-state index is 0.547. The molecule has 0 aliphatic heterocycles. The fraction of sp³-hybridized carbons (Fsp3) is 0.250. The van der Waals surface area contributed by atoms with E-state index in [1.165, 1.54) is 11.3 Å². The number of hydrogen-bond acceptors (Lipinski definition) is 5. The number of aromatic nitrogens is 1. The Kier molecular flexibility index (Phi) is 3.49. The SMILES string of the molecule is CCOc1ccc(OC)cc1-c1csc(N)n1. The van der Waals surface area contributed by atoms with Crippen LogP contribution in [0.5, 0.6) is 11.5 Å². The van der Waals surface area contributed by atoms with E-state index in [-0.39, 0.29) is 0 Å². The highest BCUT2D eigenvalue weighted by Crippen LogP contribution is 2.34. The maximum absolute atomic E-state index is 5.65. The third-order valence-electron chi connectivity index (χ3n) is 2.28. The lowest BCUT2D eigenvalue weighted by Gasteiger charge is -2.10. The Balaban J connectivity index is 2.48. The van der Waals surface area contributed by atoms with Crippen LogP contribution in [0.3, 0.4) is 0 Å². The van der Waals surface area contributed by atoms with Crippen molar-refractivity contribution in [3.8, 4) is 22.8 Å². The number of anilines is 1. The van der Waals surface area contributed by atoms with Gasteiger partial charge >= 0.3 is 0 Å². The van der Waals surface area contributed by atoms with Gasteiger partial charge in [-0.2, -0.15) is 0 Å². The molecule has 0 spiro atoms. The first-order chi connectivity index (χ1) is 8.24. The molecule has 1 aromatic carbocycles. The fourth-order valence-corrected chi connectivity index (χ4v) is 2.09. The number of ether oxygens (including phenoxy) is 2. The van der Waals surface area contributed by atoms with Crippen LogP contribution in [-0.2, 0) is 0 Å². The van der Waals surface area contributed by atoms with Crippen molar-refractivity contribution in [2.24, 2.45) is 0 Å². The molecule has 5 heteroatoms. The minimum Gasteiger partial charge on any atom is -0.497 e. The van der Waals surface area contributed by atoms with Crippen LogP contribution in [0.1, 0.15) is 6.92 Å². The summed E-state index contributed by atoms with van der Waals surface area (Å²) in [4.78, 5) is 4.26. The second kappa shape index (κ2) is 5.05. The van der Waals surface area contributed by atoms with E-state index in [1.807, 2.05) is 30.5 Å². The fourth-order valence-electron chi connectivity index (χ4n) is 1.53. The van der Waals surface area contributed by atoms with Crippen molar-refractivity contribution in [3.63, 3.8) is 0 Å². The third-order valence-corrected chi connectivity index (χ3v) is 2.96. The van der Waals surface area contributed by atoms with Gasteiger partial charge in [-0.25, -0.2) is 4.98 Å². The number of hydrogen-bond donors (Lipinski definition) is 1. The summed E-state index contributed by atoms with van der Waals surface area (Å²) in [5, 5.41) is 2.46. The monoisotopic (exact) mass is 250 g/mol. The van der Waals surface area contributed by atoms with Crippen molar-refractivity contribution < 1.29 is 9.47 Å². The van der Waals surface area contributed by atoms with E-state index in [1.54, 1.807) is 7.11 Å². The summed E-state index contributed by atoms with van der Waals surface area (Å²) in [6.45, 7) is 2.56. The van der Waals surface area contributed by atoms with Gasteiger partial charge in [0.15, 0.2) is 5.13 Å². The highest BCUT2D eigenvalue weighted by atomic mass is 32.1. The molecular formula is C12H14N2O2S. The molecule has 0 saturated carbocycles. The van der Waals surface area contributed by atoms with Crippen molar-refractivity contribution >= 4 is 16.5 Å². The number of thiazole rings is 1. The molecular weight excluding hydrogens is 236 g/mol. The van der Waals surface area contributed by atoms with Crippen molar-refractivity contribution in [2.75, 3.05) is 19.5 Å². The molecule has 1 aromatic heterocycles. The molecule has 0 aliphatic carbocycles. The third kappa shape index (κ3) is 2.50. The quantitative estimate of drug-likeness (QED) is 0.906. The number of nitrogens with zero attached hydrogens (tertiary/aromatic N) is 1. The number of benzene rings is 1. The van der Waals surface area contributed by atoms with E-state index in [4.69, 9.17) is 15.2 Å². The molecule has 2 N–H and O–H groups in total. The summed E-state index contributed by atoms with van der Waals surface area (Å²) in [6.07, 6.45) is 0. The summed E-state index contributed by atoms with van der Waals surface area (Å²) in [7, 11) is 1.63. The first-order valence-corrected chi connectivity index (χ1v) is 6.14. The van der Waals surface area contributed by atoms with Gasteiger partial charge in [0.2, 0.25) is 0 Å². The Morgan fingerprint density at radius 3 is 2.82 bits per heavy atom. The van der Waals surface area contributed by atoms with Crippen LogP contribution < -0.4 is 15.2 Å². The van der Waals surface area contributed by atoms with Crippen LogP contribution in [0, 0.1) is 0 Å². The van der Waals surface area contributed by atoms with Gasteiger partial charge in [-0.15, -0.1) is 11.3 Å². The summed E-state index contributed by atoms with van der Waals surface area (Å²) >= 11 is 1.41. The average Bonchev–Trinajstić information content (AvgIpc) is 2.77. The van der Waals surface area contributed by atoms with Crippen LogP contribution in [0.2, 0.25) is 0 Å². The average molecular weight is 250 g/mol. The molecule has 0 amide bonds. The molecule has 2 rings (SSSR count). The zero-order valence-corrected chi connectivity index (χ0v) is 10.6. The molecule has 0 radical (unpaired) electrons. The van der Waals surface area contributed by atoms with Gasteiger partial charge in [0.25, 0.3) is 0 Å². The minimum absolute atomic E-state index is 0.547. The van der Waals surface area contributed by atoms with Crippen LogP contribution >= 0.6 is 11.3 Å². The highest BCUT2D eigenvalue weighted by Gasteiger charge is 2.10. The largest absolute Gasteiger partial charge is 0.497 e. The lowest BCUT2D eigenvalue weighted by Crippen LogP contribution is -1.95. The molecule has 90 valence electrons.